The zero-order valence-electron chi connectivity index (χ0n) is 13.5. The number of carbonyl (C=O) groups is 1. The summed E-state index contributed by atoms with van der Waals surface area (Å²) in [6.45, 7) is 2.55. The number of methoxy groups -OCH3 is 1. The minimum absolute atomic E-state index is 0.230. The van der Waals surface area contributed by atoms with E-state index < -0.39 is 5.97 Å². The monoisotopic (exact) mass is 326 g/mol. The van der Waals surface area contributed by atoms with E-state index in [9.17, 15) is 9.59 Å². The Balaban J connectivity index is 2.05. The van der Waals surface area contributed by atoms with Gasteiger partial charge in [-0.05, 0) is 30.7 Å². The molecule has 0 amide bonds. The average molecular weight is 326 g/mol. The lowest BCUT2D eigenvalue weighted by molar-refractivity contribution is 0.0527. The van der Waals surface area contributed by atoms with Crippen LogP contribution in [-0.2, 0) is 11.3 Å². The fraction of sp³-hybridized carbons (Fsp3) is 0.222. The molecule has 24 heavy (non-hydrogen) atoms. The van der Waals surface area contributed by atoms with E-state index in [1.807, 2.05) is 28.8 Å². The molecule has 0 aliphatic rings. The third-order valence-corrected chi connectivity index (χ3v) is 3.82. The number of nitrogens with zero attached hydrogens (tertiary/aromatic N) is 1. The lowest BCUT2D eigenvalue weighted by Crippen LogP contribution is -2.14. The summed E-state index contributed by atoms with van der Waals surface area (Å²) in [4.78, 5) is 26.8. The van der Waals surface area contributed by atoms with E-state index in [1.165, 1.54) is 6.20 Å². The van der Waals surface area contributed by atoms with Crippen LogP contribution in [0.2, 0.25) is 0 Å². The smallest absolute Gasteiger partial charge is 0.341 e. The molecule has 0 aliphatic heterocycles. The minimum Gasteiger partial charge on any atom is -0.497 e. The lowest BCUT2D eigenvalue weighted by atomic mass is 10.2. The first kappa shape index (κ1) is 15.9. The zero-order valence-corrected chi connectivity index (χ0v) is 13.5. The Bertz CT molecular complexity index is 922. The fourth-order valence-corrected chi connectivity index (χ4v) is 2.66. The molecule has 0 radical (unpaired) electrons. The van der Waals surface area contributed by atoms with Gasteiger partial charge in [0, 0.05) is 18.9 Å². The first-order valence-electron chi connectivity index (χ1n) is 7.64. The number of carbonyl (C=O) groups excluding carboxylic acids is 1. The van der Waals surface area contributed by atoms with E-state index >= 15 is 0 Å². The molecule has 1 N–H and O–H groups in total. The summed E-state index contributed by atoms with van der Waals surface area (Å²) in [6.07, 6.45) is 3.21. The predicted molar refractivity (Wildman–Crippen MR) is 90.6 cm³/mol. The van der Waals surface area contributed by atoms with Gasteiger partial charge in [-0.15, -0.1) is 0 Å². The lowest BCUT2D eigenvalue weighted by Gasteiger charge is -2.10. The molecule has 0 saturated heterocycles. The zero-order chi connectivity index (χ0) is 17.1. The summed E-state index contributed by atoms with van der Waals surface area (Å²) in [6, 6.07) is 9.35. The summed E-state index contributed by atoms with van der Waals surface area (Å²) >= 11 is 0. The first-order valence-corrected chi connectivity index (χ1v) is 7.64. The van der Waals surface area contributed by atoms with Crippen LogP contribution in [0.4, 0.5) is 0 Å². The van der Waals surface area contributed by atoms with Crippen LogP contribution in [0, 0.1) is 0 Å². The van der Waals surface area contributed by atoms with E-state index in [2.05, 4.69) is 4.98 Å². The number of hydrogen-bond acceptors (Lipinski definition) is 4. The Kier molecular flexibility index (Phi) is 4.37. The van der Waals surface area contributed by atoms with Gasteiger partial charge in [0.2, 0.25) is 0 Å². The Morgan fingerprint density at radius 2 is 1.96 bits per heavy atom. The van der Waals surface area contributed by atoms with E-state index in [0.717, 1.165) is 11.3 Å². The van der Waals surface area contributed by atoms with Gasteiger partial charge in [0.25, 0.3) is 5.56 Å². The molecule has 0 bridgehead atoms. The van der Waals surface area contributed by atoms with Crippen LogP contribution in [0.25, 0.3) is 10.9 Å². The first-order chi connectivity index (χ1) is 11.6. The van der Waals surface area contributed by atoms with Crippen molar-refractivity contribution in [1.82, 2.24) is 9.55 Å². The van der Waals surface area contributed by atoms with E-state index in [4.69, 9.17) is 9.47 Å². The molecule has 124 valence electrons. The van der Waals surface area contributed by atoms with Crippen LogP contribution in [0.1, 0.15) is 22.8 Å². The Hall–Kier alpha value is -3.02. The number of esters is 1. The van der Waals surface area contributed by atoms with Crippen molar-refractivity contribution in [2.24, 2.45) is 0 Å². The van der Waals surface area contributed by atoms with Gasteiger partial charge >= 0.3 is 5.97 Å². The molecule has 0 unspecified atom stereocenters. The number of fused-ring (bicyclic) bond motifs is 1. The molecule has 0 aliphatic carbocycles. The second kappa shape index (κ2) is 6.62. The SMILES string of the molecule is CCOC(=O)c1c[nH]c(=O)c2ccn(Cc3ccc(OC)cc3)c12. The van der Waals surface area contributed by atoms with Crippen LogP contribution < -0.4 is 10.3 Å². The third kappa shape index (κ3) is 2.90. The van der Waals surface area contributed by atoms with Gasteiger partial charge in [0.05, 0.1) is 24.6 Å². The van der Waals surface area contributed by atoms with Crippen molar-refractivity contribution in [1.29, 1.82) is 0 Å². The molecule has 6 nitrogen and oxygen atoms in total. The summed E-state index contributed by atoms with van der Waals surface area (Å²) in [5.41, 5.74) is 1.73. The summed E-state index contributed by atoms with van der Waals surface area (Å²) < 4.78 is 12.1. The van der Waals surface area contributed by atoms with Crippen molar-refractivity contribution in [3.05, 3.63) is 64.2 Å². The summed E-state index contributed by atoms with van der Waals surface area (Å²) in [7, 11) is 1.62. The van der Waals surface area contributed by atoms with Crippen molar-refractivity contribution in [2.45, 2.75) is 13.5 Å². The molecule has 0 fully saturated rings. The highest BCUT2D eigenvalue weighted by Crippen LogP contribution is 2.20. The number of benzene rings is 1. The number of H-pyrrole nitrogens is 1. The molecular formula is C18H18N2O4. The molecule has 3 rings (SSSR count). The quantitative estimate of drug-likeness (QED) is 0.731. The molecule has 0 spiro atoms. The van der Waals surface area contributed by atoms with Crippen LogP contribution in [0.5, 0.6) is 5.75 Å². The number of aromatic amines is 1. The summed E-state index contributed by atoms with van der Waals surface area (Å²) in [5, 5.41) is 0.467. The summed E-state index contributed by atoms with van der Waals surface area (Å²) in [5.74, 6) is 0.327. The van der Waals surface area contributed by atoms with E-state index in [-0.39, 0.29) is 12.2 Å². The standard InChI is InChI=1S/C18H18N2O4/c1-3-24-18(22)15-10-19-17(21)14-8-9-20(16(14)15)11-12-4-6-13(23-2)7-5-12/h4-10H,3,11H2,1-2H3,(H,19,21). The largest absolute Gasteiger partial charge is 0.497 e. The number of ether oxygens (including phenoxy) is 2. The van der Waals surface area contributed by atoms with Crippen LogP contribution >= 0.6 is 0 Å². The maximum atomic E-state index is 12.2. The van der Waals surface area contributed by atoms with Crippen molar-refractivity contribution >= 4 is 16.9 Å². The Labute approximate surface area is 138 Å². The van der Waals surface area contributed by atoms with Gasteiger partial charge in [0.1, 0.15) is 11.3 Å². The number of pyridine rings is 1. The minimum atomic E-state index is -0.451. The maximum Gasteiger partial charge on any atom is 0.341 e. The number of nitrogens with one attached hydrogen (secondary N) is 1. The van der Waals surface area contributed by atoms with Gasteiger partial charge < -0.3 is 19.0 Å². The molecule has 0 saturated carbocycles. The molecule has 0 atom stereocenters. The van der Waals surface area contributed by atoms with Gasteiger partial charge in [-0.2, -0.15) is 0 Å². The van der Waals surface area contributed by atoms with Crippen molar-refractivity contribution in [2.75, 3.05) is 13.7 Å². The van der Waals surface area contributed by atoms with Crippen molar-refractivity contribution in [3.63, 3.8) is 0 Å². The average Bonchev–Trinajstić information content (AvgIpc) is 3.01. The number of aromatic nitrogens is 2. The third-order valence-electron chi connectivity index (χ3n) is 3.82. The fourth-order valence-electron chi connectivity index (χ4n) is 2.66. The molecule has 2 heterocycles. The van der Waals surface area contributed by atoms with Gasteiger partial charge in [0.15, 0.2) is 0 Å². The van der Waals surface area contributed by atoms with Crippen molar-refractivity contribution in [3.8, 4) is 5.75 Å². The van der Waals surface area contributed by atoms with Gasteiger partial charge in [-0.1, -0.05) is 12.1 Å². The molecule has 2 aromatic heterocycles. The van der Waals surface area contributed by atoms with Gasteiger partial charge in [-0.3, -0.25) is 4.79 Å². The molecule has 3 aromatic rings. The van der Waals surface area contributed by atoms with Crippen LogP contribution in [0.3, 0.4) is 0 Å². The Morgan fingerprint density at radius 1 is 1.21 bits per heavy atom. The van der Waals surface area contributed by atoms with E-state index in [0.29, 0.717) is 23.0 Å². The van der Waals surface area contributed by atoms with Crippen LogP contribution in [-0.4, -0.2) is 29.2 Å². The maximum absolute atomic E-state index is 12.2. The second-order valence-electron chi connectivity index (χ2n) is 5.31. The van der Waals surface area contributed by atoms with E-state index in [1.54, 1.807) is 26.3 Å². The van der Waals surface area contributed by atoms with Crippen molar-refractivity contribution < 1.29 is 14.3 Å². The number of rotatable bonds is 5. The molecule has 6 heteroatoms. The molecule has 1 aromatic carbocycles. The highest BCUT2D eigenvalue weighted by Gasteiger charge is 2.17. The second-order valence-corrected chi connectivity index (χ2v) is 5.31. The topological polar surface area (TPSA) is 73.3 Å². The Morgan fingerprint density at radius 3 is 2.62 bits per heavy atom. The van der Waals surface area contributed by atoms with Crippen LogP contribution in [0.15, 0.2) is 47.5 Å². The molecular weight excluding hydrogens is 308 g/mol. The number of hydrogen-bond donors (Lipinski definition) is 1. The van der Waals surface area contributed by atoms with Gasteiger partial charge in [-0.25, -0.2) is 4.79 Å². The highest BCUT2D eigenvalue weighted by atomic mass is 16.5. The normalized spacial score (nSPS) is 10.8. The highest BCUT2D eigenvalue weighted by molar-refractivity contribution is 6.02. The predicted octanol–water partition coefficient (Wildman–Crippen LogP) is 2.56.